The van der Waals surface area contributed by atoms with Gasteiger partial charge in [0.05, 0.1) is 11.5 Å². The van der Waals surface area contributed by atoms with Crippen molar-refractivity contribution in [1.82, 2.24) is 0 Å². The summed E-state index contributed by atoms with van der Waals surface area (Å²) in [6.07, 6.45) is 5.09. The Kier molecular flexibility index (Phi) is 0.734. The van der Waals surface area contributed by atoms with Crippen LogP contribution in [0.4, 0.5) is 0 Å². The van der Waals surface area contributed by atoms with Crippen molar-refractivity contribution in [1.29, 1.82) is 0 Å². The van der Waals surface area contributed by atoms with Crippen molar-refractivity contribution >= 4 is 11.8 Å². The topological polar surface area (TPSA) is 9.23 Å². The van der Waals surface area contributed by atoms with Gasteiger partial charge in [-0.05, 0) is 12.5 Å². The molecule has 2 rings (SSSR count). The van der Waals surface area contributed by atoms with Crippen LogP contribution in [0.2, 0.25) is 0 Å². The molecule has 0 aromatic heterocycles. The summed E-state index contributed by atoms with van der Waals surface area (Å²) in [5, 5.41) is 0.687. The first-order chi connectivity index (χ1) is 3.87. The first-order valence-corrected chi connectivity index (χ1v) is 3.78. The van der Waals surface area contributed by atoms with Gasteiger partial charge in [-0.3, -0.25) is 0 Å². The third-order valence-corrected chi connectivity index (χ3v) is 3.29. The zero-order valence-corrected chi connectivity index (χ0v) is 5.57. The van der Waals surface area contributed by atoms with Crippen LogP contribution in [0.1, 0.15) is 13.3 Å². The lowest BCUT2D eigenvalue weighted by atomic mass is 10.2. The smallest absolute Gasteiger partial charge is 0.169 e. The number of hydrogen-bond acceptors (Lipinski definition) is 2. The van der Waals surface area contributed by atoms with Crippen molar-refractivity contribution in [2.45, 2.75) is 23.5 Å². The molecule has 2 heteroatoms. The van der Waals surface area contributed by atoms with Crippen LogP contribution >= 0.6 is 11.8 Å². The van der Waals surface area contributed by atoms with Crippen molar-refractivity contribution in [2.24, 2.45) is 0 Å². The second-order valence-corrected chi connectivity index (χ2v) is 3.58. The first kappa shape index (κ1) is 4.74. The lowest BCUT2D eigenvalue weighted by Crippen LogP contribution is -2.08. The summed E-state index contributed by atoms with van der Waals surface area (Å²) in [5.74, 6) is 0. The van der Waals surface area contributed by atoms with Crippen LogP contribution in [0, 0.1) is 0 Å². The lowest BCUT2D eigenvalue weighted by Gasteiger charge is -2.05. The Hall–Kier alpha value is -0.110. The van der Waals surface area contributed by atoms with Gasteiger partial charge in [0.2, 0.25) is 0 Å². The average molecular weight is 128 g/mol. The minimum Gasteiger partial charge on any atom is -0.483 e. The molecule has 0 spiro atoms. The number of rotatable bonds is 1. The SMILES string of the molecule is CCC12OC=CC1S2. The minimum atomic E-state index is 0.208. The molecule has 0 aliphatic carbocycles. The third kappa shape index (κ3) is 0.395. The monoisotopic (exact) mass is 128 g/mol. The molecule has 2 aliphatic rings. The van der Waals surface area contributed by atoms with Gasteiger partial charge in [0.25, 0.3) is 0 Å². The van der Waals surface area contributed by atoms with Gasteiger partial charge in [0.1, 0.15) is 0 Å². The quantitative estimate of drug-likeness (QED) is 0.497. The maximum absolute atomic E-state index is 5.35. The molecule has 2 atom stereocenters. The zero-order valence-electron chi connectivity index (χ0n) is 4.76. The largest absolute Gasteiger partial charge is 0.483 e. The number of hydrogen-bond donors (Lipinski definition) is 0. The molecule has 1 nitrogen and oxygen atoms in total. The van der Waals surface area contributed by atoms with Gasteiger partial charge in [-0.1, -0.05) is 6.92 Å². The molecule has 0 saturated carbocycles. The number of ether oxygens (including phenoxy) is 1. The fraction of sp³-hybridized carbons (Fsp3) is 0.667. The molecule has 0 radical (unpaired) electrons. The summed E-state index contributed by atoms with van der Waals surface area (Å²) in [5.41, 5.74) is 0. The van der Waals surface area contributed by atoms with E-state index >= 15 is 0 Å². The third-order valence-electron chi connectivity index (χ3n) is 1.72. The Morgan fingerprint density at radius 2 is 2.75 bits per heavy atom. The summed E-state index contributed by atoms with van der Waals surface area (Å²) in [7, 11) is 0. The average Bonchev–Trinajstić information content (AvgIpc) is 2.38. The Morgan fingerprint density at radius 3 is 3.00 bits per heavy atom. The molecular formula is C6H8OS. The fourth-order valence-electron chi connectivity index (χ4n) is 1.06. The van der Waals surface area contributed by atoms with Gasteiger partial charge >= 0.3 is 0 Å². The predicted octanol–water partition coefficient (Wildman–Crippen LogP) is 1.75. The maximum Gasteiger partial charge on any atom is 0.169 e. The van der Waals surface area contributed by atoms with E-state index in [1.54, 1.807) is 0 Å². The van der Waals surface area contributed by atoms with E-state index in [0.29, 0.717) is 5.25 Å². The lowest BCUT2D eigenvalue weighted by molar-refractivity contribution is 0.164. The molecule has 1 saturated heterocycles. The van der Waals surface area contributed by atoms with E-state index in [1.807, 2.05) is 18.0 Å². The van der Waals surface area contributed by atoms with E-state index in [-0.39, 0.29) is 4.93 Å². The first-order valence-electron chi connectivity index (χ1n) is 2.90. The van der Waals surface area contributed by atoms with Crippen molar-refractivity contribution in [3.8, 4) is 0 Å². The predicted molar refractivity (Wildman–Crippen MR) is 34.6 cm³/mol. The van der Waals surface area contributed by atoms with E-state index in [0.717, 1.165) is 6.42 Å². The summed E-state index contributed by atoms with van der Waals surface area (Å²) < 4.78 is 5.35. The highest BCUT2D eigenvalue weighted by molar-refractivity contribution is 8.08. The van der Waals surface area contributed by atoms with Gasteiger partial charge < -0.3 is 4.74 Å². The van der Waals surface area contributed by atoms with Crippen LogP contribution in [-0.2, 0) is 4.74 Å². The molecule has 1 fully saturated rings. The number of fused-ring (bicyclic) bond motifs is 1. The van der Waals surface area contributed by atoms with Gasteiger partial charge in [-0.25, -0.2) is 0 Å². The molecule has 8 heavy (non-hydrogen) atoms. The van der Waals surface area contributed by atoms with Crippen LogP contribution in [-0.4, -0.2) is 10.2 Å². The molecule has 2 aliphatic heterocycles. The van der Waals surface area contributed by atoms with Crippen molar-refractivity contribution < 1.29 is 4.74 Å². The highest BCUT2D eigenvalue weighted by Gasteiger charge is 2.57. The summed E-state index contributed by atoms with van der Waals surface area (Å²) >= 11 is 1.92. The van der Waals surface area contributed by atoms with Crippen LogP contribution in [0.25, 0.3) is 0 Å². The fourth-order valence-corrected chi connectivity index (χ4v) is 2.14. The van der Waals surface area contributed by atoms with E-state index in [4.69, 9.17) is 4.74 Å². The number of thioether (sulfide) groups is 1. The Bertz CT molecular complexity index is 143. The van der Waals surface area contributed by atoms with E-state index in [9.17, 15) is 0 Å². The second kappa shape index (κ2) is 1.24. The highest BCUT2D eigenvalue weighted by atomic mass is 32.2. The molecule has 0 aromatic rings. The Balaban J connectivity index is 2.15. The van der Waals surface area contributed by atoms with E-state index < -0.39 is 0 Å². The van der Waals surface area contributed by atoms with Crippen molar-refractivity contribution in [3.63, 3.8) is 0 Å². The molecule has 2 unspecified atom stereocenters. The molecule has 2 heterocycles. The molecule has 44 valence electrons. The minimum absolute atomic E-state index is 0.208. The van der Waals surface area contributed by atoms with E-state index in [1.165, 1.54) is 0 Å². The zero-order chi connectivity index (χ0) is 5.61. The van der Waals surface area contributed by atoms with Gasteiger partial charge in [-0.2, -0.15) is 0 Å². The van der Waals surface area contributed by atoms with Crippen molar-refractivity contribution in [3.05, 3.63) is 12.3 Å². The van der Waals surface area contributed by atoms with Gasteiger partial charge in [0, 0.05) is 0 Å². The molecule has 0 aromatic carbocycles. The van der Waals surface area contributed by atoms with Crippen LogP contribution in [0.3, 0.4) is 0 Å². The summed E-state index contributed by atoms with van der Waals surface area (Å²) in [6, 6.07) is 0. The van der Waals surface area contributed by atoms with Gasteiger partial charge in [0.15, 0.2) is 4.93 Å². The van der Waals surface area contributed by atoms with Crippen LogP contribution in [0.15, 0.2) is 12.3 Å². The second-order valence-electron chi connectivity index (χ2n) is 2.15. The molecule has 0 N–H and O–H groups in total. The molecule has 0 bridgehead atoms. The van der Waals surface area contributed by atoms with Crippen molar-refractivity contribution in [2.75, 3.05) is 0 Å². The molecular weight excluding hydrogens is 120 g/mol. The Morgan fingerprint density at radius 1 is 1.88 bits per heavy atom. The maximum atomic E-state index is 5.35. The molecule has 0 amide bonds. The highest BCUT2D eigenvalue weighted by Crippen LogP contribution is 2.60. The normalized spacial score (nSPS) is 48.4. The van der Waals surface area contributed by atoms with E-state index in [2.05, 4.69) is 13.0 Å². The summed E-state index contributed by atoms with van der Waals surface area (Å²) in [6.45, 7) is 2.17. The van der Waals surface area contributed by atoms with Crippen LogP contribution < -0.4 is 0 Å². The summed E-state index contributed by atoms with van der Waals surface area (Å²) in [4.78, 5) is 0.208. The standard InChI is InChI=1S/C6H8OS/c1-2-6-5(8-6)3-4-7-6/h3-5H,2H2,1H3. The van der Waals surface area contributed by atoms with Crippen LogP contribution in [0.5, 0.6) is 0 Å². The van der Waals surface area contributed by atoms with Gasteiger partial charge in [-0.15, -0.1) is 11.8 Å². The Labute approximate surface area is 53.1 Å².